The van der Waals surface area contributed by atoms with Crippen LogP contribution in [0.4, 0.5) is 0 Å². The highest BCUT2D eigenvalue weighted by atomic mass is 32.2. The van der Waals surface area contributed by atoms with Crippen LogP contribution in [0.25, 0.3) is 0 Å². The zero-order valence-electron chi connectivity index (χ0n) is 15.9. The lowest BCUT2D eigenvalue weighted by atomic mass is 9.87. The van der Waals surface area contributed by atoms with Gasteiger partial charge < -0.3 is 10.6 Å². The Morgan fingerprint density at radius 3 is 2.79 bits per heavy atom. The van der Waals surface area contributed by atoms with Gasteiger partial charge in [0.15, 0.2) is 0 Å². The lowest BCUT2D eigenvalue weighted by Crippen LogP contribution is -2.49. The van der Waals surface area contributed by atoms with Gasteiger partial charge in [0.2, 0.25) is 15.9 Å². The monoisotopic (exact) mass is 413 g/mol. The van der Waals surface area contributed by atoms with Crippen LogP contribution in [0.5, 0.6) is 0 Å². The molecule has 29 heavy (non-hydrogen) atoms. The molecule has 0 bridgehead atoms. The Kier molecular flexibility index (Phi) is 5.38. The van der Waals surface area contributed by atoms with Crippen molar-refractivity contribution in [1.82, 2.24) is 14.9 Å². The molecule has 7 nitrogen and oxygen atoms in total. The predicted octanol–water partition coefficient (Wildman–Crippen LogP) is 1.61. The summed E-state index contributed by atoms with van der Waals surface area (Å²) in [5.74, 6) is -0.634. The van der Waals surface area contributed by atoms with Crippen molar-refractivity contribution < 1.29 is 18.0 Å². The maximum absolute atomic E-state index is 12.9. The molecule has 2 aromatic carbocycles. The molecule has 0 radical (unpaired) electrons. The second kappa shape index (κ2) is 7.96. The molecule has 1 aliphatic carbocycles. The minimum absolute atomic E-state index is 0.0175. The maximum Gasteiger partial charge on any atom is 0.251 e. The van der Waals surface area contributed by atoms with Crippen molar-refractivity contribution in [2.45, 2.75) is 30.2 Å². The number of piperazine rings is 1. The number of amides is 2. The molecule has 2 aliphatic rings. The summed E-state index contributed by atoms with van der Waals surface area (Å²) in [7, 11) is -3.84. The largest absolute Gasteiger partial charge is 0.354 e. The van der Waals surface area contributed by atoms with Crippen molar-refractivity contribution in [2.75, 3.05) is 19.6 Å². The Morgan fingerprint density at radius 2 is 1.97 bits per heavy atom. The molecule has 8 heteroatoms. The molecule has 1 saturated heterocycles. The van der Waals surface area contributed by atoms with E-state index in [1.54, 1.807) is 12.1 Å². The third-order valence-corrected chi connectivity index (χ3v) is 7.25. The number of nitrogens with zero attached hydrogens (tertiary/aromatic N) is 1. The summed E-state index contributed by atoms with van der Waals surface area (Å²) >= 11 is 0. The number of hydrogen-bond donors (Lipinski definition) is 2. The third kappa shape index (κ3) is 4.04. The van der Waals surface area contributed by atoms with Crippen LogP contribution in [0.3, 0.4) is 0 Å². The van der Waals surface area contributed by atoms with E-state index >= 15 is 0 Å². The first kappa shape index (κ1) is 19.6. The van der Waals surface area contributed by atoms with Crippen molar-refractivity contribution in [3.8, 4) is 0 Å². The molecule has 1 fully saturated rings. The Labute approximate surface area is 170 Å². The van der Waals surface area contributed by atoms with Crippen molar-refractivity contribution in [2.24, 2.45) is 0 Å². The van der Waals surface area contributed by atoms with E-state index in [2.05, 4.69) is 16.7 Å². The Morgan fingerprint density at radius 1 is 1.14 bits per heavy atom. The normalized spacial score (nSPS) is 19.9. The van der Waals surface area contributed by atoms with E-state index in [1.165, 1.54) is 17.7 Å². The fourth-order valence-electron chi connectivity index (χ4n) is 3.91. The van der Waals surface area contributed by atoms with Crippen LogP contribution in [0.1, 0.15) is 40.4 Å². The summed E-state index contributed by atoms with van der Waals surface area (Å²) in [4.78, 5) is 24.4. The van der Waals surface area contributed by atoms with E-state index < -0.39 is 10.0 Å². The lowest BCUT2D eigenvalue weighted by molar-refractivity contribution is -0.122. The number of sulfonamides is 1. The van der Waals surface area contributed by atoms with E-state index in [1.807, 2.05) is 18.2 Å². The maximum atomic E-state index is 12.9. The minimum atomic E-state index is -3.84. The molecule has 2 amide bonds. The number of nitrogens with one attached hydrogen (secondary N) is 2. The molecule has 0 spiro atoms. The minimum Gasteiger partial charge on any atom is -0.354 e. The molecule has 0 aromatic heterocycles. The zero-order valence-corrected chi connectivity index (χ0v) is 16.7. The van der Waals surface area contributed by atoms with Crippen molar-refractivity contribution in [3.63, 3.8) is 0 Å². The Balaban J connectivity index is 1.55. The van der Waals surface area contributed by atoms with Crippen molar-refractivity contribution >= 4 is 21.8 Å². The van der Waals surface area contributed by atoms with Gasteiger partial charge in [-0.2, -0.15) is 4.31 Å². The van der Waals surface area contributed by atoms with E-state index in [0.29, 0.717) is 0 Å². The first-order valence-corrected chi connectivity index (χ1v) is 11.1. The number of aryl methyl sites for hydroxylation is 1. The van der Waals surface area contributed by atoms with Gasteiger partial charge in [0.25, 0.3) is 5.91 Å². The first-order chi connectivity index (χ1) is 13.9. The van der Waals surface area contributed by atoms with Gasteiger partial charge >= 0.3 is 0 Å². The average Bonchev–Trinajstić information content (AvgIpc) is 2.74. The molecule has 1 unspecified atom stereocenters. The number of carbonyl (C=O) groups excluding carboxylic acids is 2. The lowest BCUT2D eigenvalue weighted by Gasteiger charge is -2.27. The van der Waals surface area contributed by atoms with Crippen LogP contribution < -0.4 is 10.6 Å². The van der Waals surface area contributed by atoms with Crippen LogP contribution in [0.2, 0.25) is 0 Å². The molecule has 2 aromatic rings. The van der Waals surface area contributed by atoms with Crippen LogP contribution >= 0.6 is 0 Å². The highest BCUT2D eigenvalue weighted by molar-refractivity contribution is 7.89. The van der Waals surface area contributed by atoms with Crippen LogP contribution in [0.15, 0.2) is 53.4 Å². The summed E-state index contributed by atoms with van der Waals surface area (Å²) in [6.45, 7) is 0.278. The second-order valence-electron chi connectivity index (χ2n) is 7.33. The molecular formula is C21H23N3O4S. The fraction of sp³-hybridized carbons (Fsp3) is 0.333. The summed E-state index contributed by atoms with van der Waals surface area (Å²) in [5.41, 5.74) is 2.65. The predicted molar refractivity (Wildman–Crippen MR) is 108 cm³/mol. The number of fused-ring (bicyclic) bond motifs is 1. The van der Waals surface area contributed by atoms with Gasteiger partial charge in [0.05, 0.1) is 17.5 Å². The van der Waals surface area contributed by atoms with E-state index in [-0.39, 0.29) is 47.9 Å². The molecule has 152 valence electrons. The van der Waals surface area contributed by atoms with Crippen molar-refractivity contribution in [1.29, 1.82) is 0 Å². The molecule has 0 saturated carbocycles. The average molecular weight is 413 g/mol. The summed E-state index contributed by atoms with van der Waals surface area (Å²) < 4.78 is 26.9. The van der Waals surface area contributed by atoms with Crippen LogP contribution in [-0.4, -0.2) is 44.2 Å². The topological polar surface area (TPSA) is 95.6 Å². The highest BCUT2D eigenvalue weighted by Gasteiger charge is 2.30. The van der Waals surface area contributed by atoms with Gasteiger partial charge in [0, 0.05) is 18.7 Å². The zero-order chi connectivity index (χ0) is 20.4. The summed E-state index contributed by atoms with van der Waals surface area (Å²) in [6.07, 6.45) is 2.84. The van der Waals surface area contributed by atoms with Crippen LogP contribution in [-0.2, 0) is 21.2 Å². The van der Waals surface area contributed by atoms with Gasteiger partial charge in [0.1, 0.15) is 0 Å². The molecule has 1 aliphatic heterocycles. The second-order valence-corrected chi connectivity index (χ2v) is 9.27. The Hall–Kier alpha value is -2.71. The number of carbonyl (C=O) groups is 2. The standard InChI is InChI=1S/C21H23N3O4S/c25-20-14-24(12-11-22-20)29(27,28)17-8-3-7-16(13-17)21(26)23-19-10-4-6-15-5-1-2-9-18(15)19/h1-3,5,7-9,13,19H,4,6,10-12,14H2,(H,22,25)(H,23,26). The molecule has 4 rings (SSSR count). The van der Waals surface area contributed by atoms with Gasteiger partial charge in [-0.25, -0.2) is 8.42 Å². The summed E-state index contributed by atoms with van der Waals surface area (Å²) in [5, 5.41) is 5.65. The van der Waals surface area contributed by atoms with E-state index in [0.717, 1.165) is 29.1 Å². The Bertz CT molecular complexity index is 1050. The molecule has 2 N–H and O–H groups in total. The fourth-order valence-corrected chi connectivity index (χ4v) is 5.36. The van der Waals surface area contributed by atoms with Gasteiger partial charge in [-0.15, -0.1) is 0 Å². The highest BCUT2D eigenvalue weighted by Crippen LogP contribution is 2.29. The molecule has 1 heterocycles. The number of benzene rings is 2. The molecular weight excluding hydrogens is 390 g/mol. The number of hydrogen-bond acceptors (Lipinski definition) is 4. The van der Waals surface area contributed by atoms with Gasteiger partial charge in [-0.05, 0) is 48.6 Å². The van der Waals surface area contributed by atoms with Gasteiger partial charge in [-0.3, -0.25) is 9.59 Å². The van der Waals surface area contributed by atoms with Crippen LogP contribution in [0, 0.1) is 0 Å². The van der Waals surface area contributed by atoms with E-state index in [4.69, 9.17) is 0 Å². The summed E-state index contributed by atoms with van der Waals surface area (Å²) in [6, 6.07) is 14.0. The third-order valence-electron chi connectivity index (χ3n) is 5.41. The first-order valence-electron chi connectivity index (χ1n) is 9.71. The molecule has 1 atom stereocenters. The van der Waals surface area contributed by atoms with E-state index in [9.17, 15) is 18.0 Å². The number of rotatable bonds is 4. The van der Waals surface area contributed by atoms with Gasteiger partial charge in [-0.1, -0.05) is 30.3 Å². The SMILES string of the molecule is O=C1CN(S(=O)(=O)c2cccc(C(=O)NC3CCCc4ccccc43)c2)CCN1. The smallest absolute Gasteiger partial charge is 0.251 e. The van der Waals surface area contributed by atoms with Crippen molar-refractivity contribution in [3.05, 3.63) is 65.2 Å². The quantitative estimate of drug-likeness (QED) is 0.796.